The number of anilines is 1. The van der Waals surface area contributed by atoms with Gasteiger partial charge in [-0.1, -0.05) is 78.4 Å². The monoisotopic (exact) mass is 412 g/mol. The van der Waals surface area contributed by atoms with Gasteiger partial charge in [-0.3, -0.25) is 10.1 Å². The molecule has 158 valence electrons. The molecule has 1 saturated carbocycles. The molecule has 0 radical (unpaired) electrons. The van der Waals surface area contributed by atoms with Crippen molar-refractivity contribution >= 4 is 5.69 Å². The maximum atomic E-state index is 11.6. The molecule has 1 fully saturated rings. The summed E-state index contributed by atoms with van der Waals surface area (Å²) >= 11 is 0. The van der Waals surface area contributed by atoms with Crippen LogP contribution in [0.15, 0.2) is 78.9 Å². The number of rotatable bonds is 5. The Morgan fingerprint density at radius 1 is 0.968 bits per heavy atom. The molecule has 4 heteroatoms. The number of hydrogen-bond donors (Lipinski definition) is 1. The van der Waals surface area contributed by atoms with E-state index in [9.17, 15) is 10.1 Å². The molecule has 1 aliphatic carbocycles. The number of nitro groups is 1. The lowest BCUT2D eigenvalue weighted by Crippen LogP contribution is -2.41. The van der Waals surface area contributed by atoms with E-state index in [1.807, 2.05) is 18.2 Å². The van der Waals surface area contributed by atoms with Crippen molar-refractivity contribution in [2.75, 3.05) is 11.9 Å². The van der Waals surface area contributed by atoms with E-state index < -0.39 is 0 Å². The van der Waals surface area contributed by atoms with E-state index >= 15 is 0 Å². The first-order chi connectivity index (χ1) is 15.1. The third-order valence-electron chi connectivity index (χ3n) is 7.33. The lowest BCUT2D eigenvalue weighted by molar-refractivity contribution is -0.485. The van der Waals surface area contributed by atoms with E-state index in [1.165, 1.54) is 22.4 Å². The Hall–Kier alpha value is -3.14. The molecule has 0 spiro atoms. The first-order valence-corrected chi connectivity index (χ1v) is 11.2. The summed E-state index contributed by atoms with van der Waals surface area (Å²) in [5.41, 5.74) is 6.22. The minimum Gasteiger partial charge on any atom is -0.381 e. The first kappa shape index (κ1) is 19.8. The largest absolute Gasteiger partial charge is 0.381 e. The Labute approximate surface area is 183 Å². The van der Waals surface area contributed by atoms with Crippen LogP contribution in [0, 0.1) is 28.9 Å². The molecule has 31 heavy (non-hydrogen) atoms. The summed E-state index contributed by atoms with van der Waals surface area (Å²) in [6, 6.07) is 27.8. The van der Waals surface area contributed by atoms with Crippen molar-refractivity contribution in [3.63, 3.8) is 0 Å². The second-order valence-corrected chi connectivity index (χ2v) is 9.08. The van der Waals surface area contributed by atoms with Crippen molar-refractivity contribution in [3.05, 3.63) is 111 Å². The fourth-order valence-electron chi connectivity index (χ4n) is 5.96. The summed E-state index contributed by atoms with van der Waals surface area (Å²) in [6.45, 7) is 2.10. The number of benzene rings is 3. The van der Waals surface area contributed by atoms with Gasteiger partial charge in [-0.25, -0.2) is 0 Å². The Bertz CT molecular complexity index is 1060. The van der Waals surface area contributed by atoms with Gasteiger partial charge < -0.3 is 5.32 Å². The minimum absolute atomic E-state index is 0.0174. The number of nitrogens with zero attached hydrogens (tertiary/aromatic N) is 1. The lowest BCUT2D eigenvalue weighted by Gasteiger charge is -2.40. The van der Waals surface area contributed by atoms with Crippen LogP contribution in [-0.2, 0) is 0 Å². The van der Waals surface area contributed by atoms with Crippen LogP contribution in [0.3, 0.4) is 0 Å². The Morgan fingerprint density at radius 3 is 2.42 bits per heavy atom. The summed E-state index contributed by atoms with van der Waals surface area (Å²) in [6.07, 6.45) is 2.09. The number of para-hydroxylation sites is 1. The molecule has 5 rings (SSSR count). The molecule has 2 aliphatic rings. The SMILES string of the molecule is Cc1ccc([C@@H]2c3ccccc3N[C@H]3[C@H]2CC[C@@H]3[C@H](C[N+](=O)[O-])c2ccccc2)cc1. The topological polar surface area (TPSA) is 55.2 Å². The van der Waals surface area contributed by atoms with Gasteiger partial charge in [0.2, 0.25) is 6.54 Å². The molecule has 0 amide bonds. The lowest BCUT2D eigenvalue weighted by atomic mass is 9.72. The highest BCUT2D eigenvalue weighted by Gasteiger charge is 2.48. The highest BCUT2D eigenvalue weighted by Crippen LogP contribution is 2.53. The molecule has 0 bridgehead atoms. The molecule has 3 aromatic carbocycles. The summed E-state index contributed by atoms with van der Waals surface area (Å²) in [7, 11) is 0. The van der Waals surface area contributed by atoms with E-state index in [2.05, 4.69) is 72.9 Å². The Kier molecular flexibility index (Phi) is 5.23. The maximum absolute atomic E-state index is 11.6. The Morgan fingerprint density at radius 2 is 1.68 bits per heavy atom. The van der Waals surface area contributed by atoms with Crippen LogP contribution in [0.2, 0.25) is 0 Å². The quantitative estimate of drug-likeness (QED) is 0.412. The normalized spacial score (nSPS) is 25.2. The zero-order chi connectivity index (χ0) is 21.4. The standard InChI is InChI=1S/C27H28N2O2/c1-18-11-13-20(14-12-18)26-22-9-5-6-10-25(22)28-27-21(15-16-23(26)27)24(17-29(30)31)19-7-3-2-4-8-19/h2-14,21,23-24,26-28H,15-17H2,1H3/t21-,23+,24-,26-,27-/m1/s1. The zero-order valence-electron chi connectivity index (χ0n) is 17.8. The van der Waals surface area contributed by atoms with Crippen LogP contribution < -0.4 is 5.32 Å². The van der Waals surface area contributed by atoms with E-state index in [-0.39, 0.29) is 29.3 Å². The number of nitrogens with one attached hydrogen (secondary N) is 1. The van der Waals surface area contributed by atoms with Crippen molar-refractivity contribution in [1.29, 1.82) is 0 Å². The van der Waals surface area contributed by atoms with Gasteiger partial charge >= 0.3 is 0 Å². The smallest absolute Gasteiger partial charge is 0.211 e. The van der Waals surface area contributed by atoms with Crippen LogP contribution in [0.1, 0.15) is 46.9 Å². The van der Waals surface area contributed by atoms with Crippen molar-refractivity contribution in [1.82, 2.24) is 0 Å². The van der Waals surface area contributed by atoms with Gasteiger partial charge in [-0.2, -0.15) is 0 Å². The van der Waals surface area contributed by atoms with Crippen LogP contribution >= 0.6 is 0 Å². The first-order valence-electron chi connectivity index (χ1n) is 11.2. The maximum Gasteiger partial charge on any atom is 0.211 e. The van der Waals surface area contributed by atoms with Gasteiger partial charge in [0, 0.05) is 22.6 Å². The molecule has 0 aromatic heterocycles. The molecule has 1 heterocycles. The molecule has 1 N–H and O–H groups in total. The van der Waals surface area contributed by atoms with Crippen molar-refractivity contribution in [2.45, 2.75) is 37.6 Å². The molecule has 3 aromatic rings. The van der Waals surface area contributed by atoms with Crippen LogP contribution in [0.25, 0.3) is 0 Å². The fourth-order valence-corrected chi connectivity index (χ4v) is 5.96. The van der Waals surface area contributed by atoms with Gasteiger partial charge in [0.1, 0.15) is 0 Å². The average Bonchev–Trinajstić information content (AvgIpc) is 3.20. The van der Waals surface area contributed by atoms with Crippen LogP contribution in [0.5, 0.6) is 0 Å². The Balaban J connectivity index is 1.55. The van der Waals surface area contributed by atoms with Gasteiger partial charge in [0.15, 0.2) is 0 Å². The van der Waals surface area contributed by atoms with Crippen molar-refractivity contribution in [2.24, 2.45) is 11.8 Å². The summed E-state index contributed by atoms with van der Waals surface area (Å²) in [5.74, 6) is 0.905. The number of aryl methyl sites for hydroxylation is 1. The van der Waals surface area contributed by atoms with Gasteiger partial charge in [0.05, 0.1) is 5.92 Å². The minimum atomic E-state index is -0.140. The van der Waals surface area contributed by atoms with Gasteiger partial charge in [0.25, 0.3) is 0 Å². The number of fused-ring (bicyclic) bond motifs is 2. The molecule has 0 unspecified atom stereocenters. The third kappa shape index (κ3) is 3.71. The summed E-state index contributed by atoms with van der Waals surface area (Å²) < 4.78 is 0. The van der Waals surface area contributed by atoms with Crippen LogP contribution in [0.4, 0.5) is 5.69 Å². The third-order valence-corrected chi connectivity index (χ3v) is 7.33. The predicted octanol–water partition coefficient (Wildman–Crippen LogP) is 6.01. The van der Waals surface area contributed by atoms with E-state index in [1.54, 1.807) is 0 Å². The molecule has 5 atom stereocenters. The molecular weight excluding hydrogens is 384 g/mol. The van der Waals surface area contributed by atoms with E-state index in [4.69, 9.17) is 0 Å². The van der Waals surface area contributed by atoms with Crippen molar-refractivity contribution in [3.8, 4) is 0 Å². The van der Waals surface area contributed by atoms with E-state index in [0.29, 0.717) is 11.8 Å². The average molecular weight is 413 g/mol. The fraction of sp³-hybridized carbons (Fsp3) is 0.333. The second kappa shape index (κ2) is 8.18. The summed E-state index contributed by atoms with van der Waals surface area (Å²) in [5, 5.41) is 15.4. The summed E-state index contributed by atoms with van der Waals surface area (Å²) in [4.78, 5) is 11.5. The second-order valence-electron chi connectivity index (χ2n) is 9.08. The van der Waals surface area contributed by atoms with Crippen molar-refractivity contribution < 1.29 is 4.92 Å². The molecule has 4 nitrogen and oxygen atoms in total. The zero-order valence-corrected chi connectivity index (χ0v) is 17.8. The van der Waals surface area contributed by atoms with Gasteiger partial charge in [-0.15, -0.1) is 0 Å². The van der Waals surface area contributed by atoms with Gasteiger partial charge in [-0.05, 0) is 54.4 Å². The highest BCUT2D eigenvalue weighted by molar-refractivity contribution is 5.59. The predicted molar refractivity (Wildman–Crippen MR) is 124 cm³/mol. The van der Waals surface area contributed by atoms with Crippen LogP contribution in [-0.4, -0.2) is 17.5 Å². The molecule has 0 saturated heterocycles. The highest BCUT2D eigenvalue weighted by atomic mass is 16.6. The molecular formula is C27H28N2O2. The molecule has 1 aliphatic heterocycles. The van der Waals surface area contributed by atoms with E-state index in [0.717, 1.165) is 18.4 Å². The number of hydrogen-bond acceptors (Lipinski definition) is 3.